The normalized spacial score (nSPS) is 32.9. The Balaban J connectivity index is 1.86. The van der Waals surface area contributed by atoms with E-state index in [0.717, 1.165) is 32.1 Å². The van der Waals surface area contributed by atoms with Crippen LogP contribution in [0.1, 0.15) is 50.2 Å². The average molecular weight is 252 g/mol. The summed E-state index contributed by atoms with van der Waals surface area (Å²) in [5, 5.41) is 0. The van der Waals surface area contributed by atoms with E-state index in [2.05, 4.69) is 31.2 Å². The van der Waals surface area contributed by atoms with Crippen molar-refractivity contribution in [3.63, 3.8) is 0 Å². The molecule has 0 bridgehead atoms. The third kappa shape index (κ3) is 1.45. The van der Waals surface area contributed by atoms with Crippen molar-refractivity contribution >= 4 is 11.4 Å². The van der Waals surface area contributed by atoms with Gasteiger partial charge in [0.25, 0.3) is 0 Å². The van der Waals surface area contributed by atoms with Crippen molar-refractivity contribution in [2.24, 2.45) is 11.3 Å². The minimum Gasteiger partial charge on any atom is -0.299 e. The number of Topliss-reactive ketones (excluding diaryl/α,β-unsaturated/α-hetero) is 1. The number of aryl methyl sites for hydroxylation is 1. The van der Waals surface area contributed by atoms with Crippen LogP contribution in [0.4, 0.5) is 0 Å². The highest BCUT2D eigenvalue weighted by atomic mass is 16.1. The Morgan fingerprint density at radius 3 is 2.84 bits per heavy atom. The Hall–Kier alpha value is -1.37. The summed E-state index contributed by atoms with van der Waals surface area (Å²) in [6, 6.07) is 8.86. The summed E-state index contributed by atoms with van der Waals surface area (Å²) >= 11 is 0. The minimum absolute atomic E-state index is 0.0366. The van der Waals surface area contributed by atoms with Crippen LogP contribution in [0.25, 0.3) is 5.57 Å². The van der Waals surface area contributed by atoms with E-state index in [4.69, 9.17) is 0 Å². The molecular formula is C18H20O. The molecule has 1 saturated carbocycles. The third-order valence-corrected chi connectivity index (χ3v) is 5.77. The molecule has 0 radical (unpaired) electrons. The fourth-order valence-corrected chi connectivity index (χ4v) is 4.64. The largest absolute Gasteiger partial charge is 0.299 e. The van der Waals surface area contributed by atoms with E-state index in [1.165, 1.54) is 17.5 Å². The Labute approximate surface area is 114 Å². The molecule has 1 fully saturated rings. The molecule has 0 saturated heterocycles. The lowest BCUT2D eigenvalue weighted by molar-refractivity contribution is -0.126. The van der Waals surface area contributed by atoms with Gasteiger partial charge in [-0.25, -0.2) is 0 Å². The van der Waals surface area contributed by atoms with Gasteiger partial charge < -0.3 is 0 Å². The van der Waals surface area contributed by atoms with Crippen molar-refractivity contribution in [1.82, 2.24) is 0 Å². The van der Waals surface area contributed by atoms with Crippen LogP contribution in [0.2, 0.25) is 0 Å². The molecule has 3 aliphatic carbocycles. The Morgan fingerprint density at radius 1 is 1.11 bits per heavy atom. The summed E-state index contributed by atoms with van der Waals surface area (Å²) < 4.78 is 0. The van der Waals surface area contributed by atoms with Crippen LogP contribution in [-0.2, 0) is 11.2 Å². The first-order valence-corrected chi connectivity index (χ1v) is 7.53. The molecule has 0 spiro atoms. The zero-order chi connectivity index (χ0) is 13.0. The molecule has 98 valence electrons. The van der Waals surface area contributed by atoms with Crippen molar-refractivity contribution in [3.05, 3.63) is 41.0 Å². The average Bonchev–Trinajstić information content (AvgIpc) is 2.75. The number of ketones is 1. The second-order valence-corrected chi connectivity index (χ2v) is 6.59. The number of fused-ring (bicyclic) bond motifs is 4. The standard InChI is InChI=1S/C18H20O/c1-18-11-10-14-13-5-3-2-4-12(13)6-7-15(14)16(18)8-9-17(18)19/h2-5,16H,6-11H2,1H3. The number of carbonyl (C=O) groups excluding carboxylic acids is 1. The number of allylic oxidation sites excluding steroid dienone is 2. The van der Waals surface area contributed by atoms with E-state index in [0.29, 0.717) is 11.7 Å². The van der Waals surface area contributed by atoms with Crippen LogP contribution in [0.15, 0.2) is 29.8 Å². The molecule has 0 N–H and O–H groups in total. The molecule has 4 rings (SSSR count). The Kier molecular flexibility index (Phi) is 2.30. The highest BCUT2D eigenvalue weighted by Gasteiger charge is 2.50. The molecule has 1 heteroatoms. The van der Waals surface area contributed by atoms with E-state index >= 15 is 0 Å². The van der Waals surface area contributed by atoms with Gasteiger partial charge in [0.05, 0.1) is 0 Å². The summed E-state index contributed by atoms with van der Waals surface area (Å²) in [7, 11) is 0. The molecule has 0 aliphatic heterocycles. The summed E-state index contributed by atoms with van der Waals surface area (Å²) in [5.74, 6) is 1.06. The molecular weight excluding hydrogens is 232 g/mol. The molecule has 0 heterocycles. The van der Waals surface area contributed by atoms with E-state index < -0.39 is 0 Å². The van der Waals surface area contributed by atoms with E-state index in [1.54, 1.807) is 11.1 Å². The monoisotopic (exact) mass is 252 g/mol. The Bertz CT molecular complexity index is 595. The maximum atomic E-state index is 12.2. The smallest absolute Gasteiger partial charge is 0.139 e. The first-order valence-electron chi connectivity index (χ1n) is 7.53. The summed E-state index contributed by atoms with van der Waals surface area (Å²) in [4.78, 5) is 12.2. The number of carbonyl (C=O) groups is 1. The van der Waals surface area contributed by atoms with Crippen molar-refractivity contribution < 1.29 is 4.79 Å². The van der Waals surface area contributed by atoms with Crippen LogP contribution in [0, 0.1) is 11.3 Å². The molecule has 2 atom stereocenters. The van der Waals surface area contributed by atoms with Crippen molar-refractivity contribution in [2.45, 2.75) is 45.4 Å². The minimum atomic E-state index is -0.0366. The van der Waals surface area contributed by atoms with Crippen LogP contribution in [-0.4, -0.2) is 5.78 Å². The molecule has 19 heavy (non-hydrogen) atoms. The van der Waals surface area contributed by atoms with Crippen LogP contribution >= 0.6 is 0 Å². The van der Waals surface area contributed by atoms with E-state index in [-0.39, 0.29) is 5.41 Å². The van der Waals surface area contributed by atoms with E-state index in [1.807, 2.05) is 0 Å². The van der Waals surface area contributed by atoms with Gasteiger partial charge in [-0.2, -0.15) is 0 Å². The summed E-state index contributed by atoms with van der Waals surface area (Å²) in [6.45, 7) is 2.22. The van der Waals surface area contributed by atoms with Gasteiger partial charge >= 0.3 is 0 Å². The van der Waals surface area contributed by atoms with Crippen molar-refractivity contribution in [3.8, 4) is 0 Å². The molecule has 3 aliphatic rings. The topological polar surface area (TPSA) is 17.1 Å². The lowest BCUT2D eigenvalue weighted by Crippen LogP contribution is -2.34. The van der Waals surface area contributed by atoms with Crippen molar-refractivity contribution in [2.75, 3.05) is 0 Å². The van der Waals surface area contributed by atoms with Gasteiger partial charge in [0.1, 0.15) is 5.78 Å². The lowest BCUT2D eigenvalue weighted by Gasteiger charge is -2.40. The van der Waals surface area contributed by atoms with Gasteiger partial charge in [-0.05, 0) is 54.7 Å². The predicted molar refractivity (Wildman–Crippen MR) is 76.8 cm³/mol. The number of hydrogen-bond acceptors (Lipinski definition) is 1. The van der Waals surface area contributed by atoms with Crippen LogP contribution < -0.4 is 0 Å². The van der Waals surface area contributed by atoms with Gasteiger partial charge in [-0.15, -0.1) is 0 Å². The fraction of sp³-hybridized carbons (Fsp3) is 0.500. The maximum absolute atomic E-state index is 12.2. The maximum Gasteiger partial charge on any atom is 0.139 e. The van der Waals surface area contributed by atoms with E-state index in [9.17, 15) is 4.79 Å². The first kappa shape index (κ1) is 11.5. The molecule has 1 aromatic carbocycles. The van der Waals surface area contributed by atoms with Gasteiger partial charge in [0.2, 0.25) is 0 Å². The molecule has 2 unspecified atom stereocenters. The highest BCUT2D eigenvalue weighted by Crippen LogP contribution is 2.56. The zero-order valence-corrected chi connectivity index (χ0v) is 11.5. The van der Waals surface area contributed by atoms with Crippen LogP contribution in [0.3, 0.4) is 0 Å². The molecule has 1 aromatic rings. The quantitative estimate of drug-likeness (QED) is 0.677. The van der Waals surface area contributed by atoms with Gasteiger partial charge in [-0.3, -0.25) is 4.79 Å². The lowest BCUT2D eigenvalue weighted by atomic mass is 9.63. The van der Waals surface area contributed by atoms with Gasteiger partial charge in [0, 0.05) is 11.8 Å². The second-order valence-electron chi connectivity index (χ2n) is 6.59. The van der Waals surface area contributed by atoms with Crippen molar-refractivity contribution in [1.29, 1.82) is 0 Å². The van der Waals surface area contributed by atoms with Gasteiger partial charge in [-0.1, -0.05) is 36.8 Å². The number of benzene rings is 1. The number of hydrogen-bond donors (Lipinski definition) is 0. The number of rotatable bonds is 0. The first-order chi connectivity index (χ1) is 9.20. The summed E-state index contributed by atoms with van der Waals surface area (Å²) in [5.41, 5.74) is 6.15. The molecule has 1 nitrogen and oxygen atoms in total. The van der Waals surface area contributed by atoms with Crippen LogP contribution in [0.5, 0.6) is 0 Å². The third-order valence-electron chi connectivity index (χ3n) is 5.77. The predicted octanol–water partition coefficient (Wildman–Crippen LogP) is 4.17. The zero-order valence-electron chi connectivity index (χ0n) is 11.5. The molecule has 0 amide bonds. The van der Waals surface area contributed by atoms with Gasteiger partial charge in [0.15, 0.2) is 0 Å². The SMILES string of the molecule is CC12CCC3=C(CCc4ccccc43)C1CCC2=O. The fourth-order valence-electron chi connectivity index (χ4n) is 4.64. The molecule has 0 aromatic heterocycles. The second kappa shape index (κ2) is 3.82. The highest BCUT2D eigenvalue weighted by molar-refractivity contribution is 5.90. The summed E-state index contributed by atoms with van der Waals surface area (Å²) in [6.07, 6.45) is 6.40. The Morgan fingerprint density at radius 2 is 1.95 bits per heavy atom.